The summed E-state index contributed by atoms with van der Waals surface area (Å²) < 4.78 is 13.4. The van der Waals surface area contributed by atoms with E-state index in [1.807, 2.05) is 24.0 Å². The number of aromatic nitrogens is 2. The fourth-order valence-corrected chi connectivity index (χ4v) is 3.06. The van der Waals surface area contributed by atoms with E-state index < -0.39 is 0 Å². The maximum atomic E-state index is 13.4. The molecule has 0 saturated carbocycles. The van der Waals surface area contributed by atoms with Crippen LogP contribution in [0.2, 0.25) is 10.0 Å². The molecular weight excluding hydrogens is 376 g/mol. The molecule has 0 aliphatic carbocycles. The van der Waals surface area contributed by atoms with E-state index >= 15 is 0 Å². The van der Waals surface area contributed by atoms with Crippen molar-refractivity contribution in [3.8, 4) is 17.0 Å². The number of aromatic hydroxyl groups is 1. The second-order valence-electron chi connectivity index (χ2n) is 5.71. The van der Waals surface area contributed by atoms with E-state index in [-0.39, 0.29) is 21.6 Å². The van der Waals surface area contributed by atoms with Gasteiger partial charge in [0.05, 0.1) is 15.7 Å². The van der Waals surface area contributed by atoms with Crippen LogP contribution in [0.5, 0.6) is 5.75 Å². The van der Waals surface area contributed by atoms with Crippen molar-refractivity contribution in [1.29, 1.82) is 0 Å². The molecule has 134 valence electrons. The third-order valence-corrected chi connectivity index (χ3v) is 4.51. The van der Waals surface area contributed by atoms with Gasteiger partial charge in [0, 0.05) is 18.7 Å². The fourth-order valence-electron chi connectivity index (χ4n) is 2.57. The van der Waals surface area contributed by atoms with E-state index in [1.54, 1.807) is 24.3 Å². The van der Waals surface area contributed by atoms with E-state index in [0.717, 1.165) is 5.56 Å². The van der Waals surface area contributed by atoms with Crippen molar-refractivity contribution < 1.29 is 9.50 Å². The molecule has 1 aromatic heterocycles. The van der Waals surface area contributed by atoms with Crippen LogP contribution in [-0.4, -0.2) is 21.8 Å². The predicted octanol–water partition coefficient (Wildman–Crippen LogP) is 5.32. The highest BCUT2D eigenvalue weighted by Gasteiger charge is 2.12. The first-order valence-corrected chi connectivity index (χ1v) is 8.75. The Labute approximate surface area is 160 Å². The van der Waals surface area contributed by atoms with Crippen molar-refractivity contribution in [3.63, 3.8) is 0 Å². The molecular formula is C19H16Cl2FN3O. The first kappa shape index (κ1) is 18.4. The van der Waals surface area contributed by atoms with Gasteiger partial charge in [0.2, 0.25) is 0 Å². The molecule has 0 spiro atoms. The molecule has 0 unspecified atom stereocenters. The summed E-state index contributed by atoms with van der Waals surface area (Å²) in [5.41, 5.74) is 2.10. The maximum Gasteiger partial charge on any atom is 0.152 e. The average molecular weight is 392 g/mol. The molecule has 0 aliphatic rings. The number of rotatable bonds is 5. The summed E-state index contributed by atoms with van der Waals surface area (Å²) in [4.78, 5) is 1.99. The summed E-state index contributed by atoms with van der Waals surface area (Å²) in [6.07, 6.45) is 0. The monoisotopic (exact) mass is 391 g/mol. The second kappa shape index (κ2) is 7.89. The molecule has 0 aliphatic heterocycles. The summed E-state index contributed by atoms with van der Waals surface area (Å²) in [7, 11) is 0. The zero-order valence-electron chi connectivity index (χ0n) is 14.0. The Balaban J connectivity index is 1.83. The van der Waals surface area contributed by atoms with Gasteiger partial charge in [-0.05, 0) is 48.9 Å². The van der Waals surface area contributed by atoms with Crippen molar-refractivity contribution >= 4 is 29.0 Å². The number of halogens is 3. The third kappa shape index (κ3) is 4.06. The SMILES string of the molecule is CCN(Cc1cccc(F)c1)c1ccc(-c2cc(Cl)c(O)c(Cl)c2)nn1. The van der Waals surface area contributed by atoms with Crippen molar-refractivity contribution in [3.05, 3.63) is 70.0 Å². The van der Waals surface area contributed by atoms with E-state index in [2.05, 4.69) is 10.2 Å². The molecule has 0 radical (unpaired) electrons. The molecule has 2 aromatic carbocycles. The van der Waals surface area contributed by atoms with Crippen LogP contribution >= 0.6 is 23.2 Å². The zero-order chi connectivity index (χ0) is 18.7. The van der Waals surface area contributed by atoms with Crippen LogP contribution in [-0.2, 0) is 6.54 Å². The van der Waals surface area contributed by atoms with Crippen LogP contribution in [0.15, 0.2) is 48.5 Å². The number of anilines is 1. The number of hydrogen-bond donors (Lipinski definition) is 1. The van der Waals surface area contributed by atoms with Crippen molar-refractivity contribution in [2.45, 2.75) is 13.5 Å². The Bertz CT molecular complexity index is 896. The highest BCUT2D eigenvalue weighted by atomic mass is 35.5. The highest BCUT2D eigenvalue weighted by Crippen LogP contribution is 2.35. The van der Waals surface area contributed by atoms with E-state index in [1.165, 1.54) is 12.1 Å². The number of nitrogens with zero attached hydrogens (tertiary/aromatic N) is 3. The molecule has 0 amide bonds. The molecule has 1 N–H and O–H groups in total. The average Bonchev–Trinajstić information content (AvgIpc) is 2.64. The molecule has 0 saturated heterocycles. The Morgan fingerprint density at radius 2 is 1.77 bits per heavy atom. The number of hydrogen-bond acceptors (Lipinski definition) is 4. The summed E-state index contributed by atoms with van der Waals surface area (Å²) >= 11 is 11.9. The minimum Gasteiger partial charge on any atom is -0.505 e. The Kier molecular flexibility index (Phi) is 5.59. The van der Waals surface area contributed by atoms with Gasteiger partial charge in [0.25, 0.3) is 0 Å². The normalized spacial score (nSPS) is 10.8. The van der Waals surface area contributed by atoms with Crippen LogP contribution in [0.3, 0.4) is 0 Å². The standard InChI is InChI=1S/C19H16Cl2FN3O/c1-2-25(11-12-4-3-5-14(22)8-12)18-7-6-17(23-24-18)13-9-15(20)19(26)16(21)10-13/h3-10,26H,2,11H2,1H3. The lowest BCUT2D eigenvalue weighted by Crippen LogP contribution is -2.23. The van der Waals surface area contributed by atoms with E-state index in [9.17, 15) is 9.50 Å². The quantitative estimate of drug-likeness (QED) is 0.638. The van der Waals surface area contributed by atoms with E-state index in [4.69, 9.17) is 23.2 Å². The van der Waals surface area contributed by atoms with Gasteiger partial charge in [-0.1, -0.05) is 35.3 Å². The molecule has 3 aromatic rings. The molecule has 0 bridgehead atoms. The molecule has 3 rings (SSSR count). The smallest absolute Gasteiger partial charge is 0.152 e. The summed E-state index contributed by atoms with van der Waals surface area (Å²) in [6.45, 7) is 3.22. The Hall–Kier alpha value is -2.37. The summed E-state index contributed by atoms with van der Waals surface area (Å²) in [6, 6.07) is 13.3. The van der Waals surface area contributed by atoms with E-state index in [0.29, 0.717) is 30.2 Å². The maximum absolute atomic E-state index is 13.4. The van der Waals surface area contributed by atoms with Gasteiger partial charge in [-0.2, -0.15) is 0 Å². The van der Waals surface area contributed by atoms with Crippen LogP contribution in [0.25, 0.3) is 11.3 Å². The lowest BCUT2D eigenvalue weighted by molar-refractivity contribution is 0.476. The summed E-state index contributed by atoms with van der Waals surface area (Å²) in [5, 5.41) is 18.4. The van der Waals surface area contributed by atoms with Gasteiger partial charge >= 0.3 is 0 Å². The number of phenolic OH excluding ortho intramolecular Hbond substituents is 1. The van der Waals surface area contributed by atoms with Crippen molar-refractivity contribution in [2.75, 3.05) is 11.4 Å². The lowest BCUT2D eigenvalue weighted by Gasteiger charge is -2.21. The Morgan fingerprint density at radius 1 is 1.04 bits per heavy atom. The van der Waals surface area contributed by atoms with Gasteiger partial charge < -0.3 is 10.0 Å². The summed E-state index contributed by atoms with van der Waals surface area (Å²) in [5.74, 6) is 0.256. The first-order valence-electron chi connectivity index (χ1n) is 7.99. The Morgan fingerprint density at radius 3 is 2.35 bits per heavy atom. The molecule has 1 heterocycles. The molecule has 26 heavy (non-hydrogen) atoms. The van der Waals surface area contributed by atoms with Crippen LogP contribution in [0, 0.1) is 5.82 Å². The third-order valence-electron chi connectivity index (χ3n) is 3.93. The highest BCUT2D eigenvalue weighted by molar-refractivity contribution is 6.37. The van der Waals surface area contributed by atoms with Gasteiger partial charge in [-0.15, -0.1) is 10.2 Å². The second-order valence-corrected chi connectivity index (χ2v) is 6.52. The molecule has 7 heteroatoms. The van der Waals surface area contributed by atoms with Gasteiger partial charge in [-0.3, -0.25) is 0 Å². The first-order chi connectivity index (χ1) is 12.5. The zero-order valence-corrected chi connectivity index (χ0v) is 15.5. The molecule has 4 nitrogen and oxygen atoms in total. The molecule has 0 fully saturated rings. The predicted molar refractivity (Wildman–Crippen MR) is 102 cm³/mol. The topological polar surface area (TPSA) is 49.2 Å². The van der Waals surface area contributed by atoms with Gasteiger partial charge in [0.15, 0.2) is 11.6 Å². The van der Waals surface area contributed by atoms with Crippen LogP contribution < -0.4 is 4.90 Å². The molecule has 0 atom stereocenters. The minimum absolute atomic E-state index is 0.152. The lowest BCUT2D eigenvalue weighted by atomic mass is 10.1. The van der Waals surface area contributed by atoms with Crippen molar-refractivity contribution in [1.82, 2.24) is 10.2 Å². The number of benzene rings is 2. The van der Waals surface area contributed by atoms with Crippen LogP contribution in [0.1, 0.15) is 12.5 Å². The fraction of sp³-hybridized carbons (Fsp3) is 0.158. The number of phenols is 1. The minimum atomic E-state index is -0.263. The van der Waals surface area contributed by atoms with Crippen molar-refractivity contribution in [2.24, 2.45) is 0 Å². The van der Waals surface area contributed by atoms with Gasteiger partial charge in [-0.25, -0.2) is 4.39 Å². The van der Waals surface area contributed by atoms with Gasteiger partial charge in [0.1, 0.15) is 5.82 Å². The van der Waals surface area contributed by atoms with Crippen LogP contribution in [0.4, 0.5) is 10.2 Å². The largest absolute Gasteiger partial charge is 0.505 e.